The second kappa shape index (κ2) is 7.60. The summed E-state index contributed by atoms with van der Waals surface area (Å²) in [6.45, 7) is 9.25. The van der Waals surface area contributed by atoms with E-state index < -0.39 is 12.2 Å². The molecule has 1 aromatic carbocycles. The minimum atomic E-state index is -0.871. The first-order valence-electron chi connectivity index (χ1n) is 10.6. The maximum Gasteiger partial charge on any atom is 0.423 e. The molecule has 4 rings (SSSR count). The number of nitrogens with two attached hydrogens (primary N) is 2. The van der Waals surface area contributed by atoms with Crippen molar-refractivity contribution in [3.8, 4) is 16.9 Å². The number of carbonyl (C=O) groups is 2. The van der Waals surface area contributed by atoms with Gasteiger partial charge in [-0.3, -0.25) is 0 Å². The Bertz CT molecular complexity index is 1020. The van der Waals surface area contributed by atoms with Crippen LogP contribution in [0.25, 0.3) is 11.1 Å². The van der Waals surface area contributed by atoms with Gasteiger partial charge in [0.05, 0.1) is 18.3 Å². The number of hydrogen-bond acceptors (Lipinski definition) is 5. The van der Waals surface area contributed by atoms with Gasteiger partial charge in [0.2, 0.25) is 0 Å². The number of benzene rings is 1. The number of primary amides is 2. The van der Waals surface area contributed by atoms with E-state index in [4.69, 9.17) is 21.0 Å². The van der Waals surface area contributed by atoms with Gasteiger partial charge in [0.1, 0.15) is 0 Å². The van der Waals surface area contributed by atoms with Gasteiger partial charge in [0, 0.05) is 23.7 Å². The van der Waals surface area contributed by atoms with Gasteiger partial charge < -0.3 is 25.6 Å². The molecule has 8 nitrogen and oxygen atoms in total. The quantitative estimate of drug-likeness (QED) is 0.760. The monoisotopic (exact) mass is 426 g/mol. The minimum Gasteiger partial charge on any atom is -0.408 e. The zero-order valence-corrected chi connectivity index (χ0v) is 18.5. The van der Waals surface area contributed by atoms with E-state index in [1.807, 2.05) is 52.0 Å². The van der Waals surface area contributed by atoms with Crippen LogP contribution in [0.4, 0.5) is 9.59 Å². The molecule has 1 saturated carbocycles. The highest BCUT2D eigenvalue weighted by molar-refractivity contribution is 5.81. The number of ether oxygens (including phenoxy) is 1. The summed E-state index contributed by atoms with van der Waals surface area (Å²) >= 11 is 0. The lowest BCUT2D eigenvalue weighted by Crippen LogP contribution is -2.46. The summed E-state index contributed by atoms with van der Waals surface area (Å²) in [6, 6.07) is 7.79. The zero-order chi connectivity index (χ0) is 22.5. The first-order valence-corrected chi connectivity index (χ1v) is 10.6. The third kappa shape index (κ3) is 3.99. The molecule has 0 radical (unpaired) electrons. The van der Waals surface area contributed by atoms with Crippen molar-refractivity contribution in [2.24, 2.45) is 16.9 Å². The Balaban J connectivity index is 2.00. The molecule has 1 atom stereocenters. The van der Waals surface area contributed by atoms with E-state index in [2.05, 4.69) is 4.57 Å². The van der Waals surface area contributed by atoms with Gasteiger partial charge in [-0.15, -0.1) is 5.06 Å². The Morgan fingerprint density at radius 3 is 2.16 bits per heavy atom. The first-order chi connectivity index (χ1) is 14.6. The molecule has 2 amide bonds. The lowest BCUT2D eigenvalue weighted by atomic mass is 9.83. The van der Waals surface area contributed by atoms with E-state index >= 15 is 0 Å². The fourth-order valence-corrected chi connectivity index (χ4v) is 4.65. The Kier molecular flexibility index (Phi) is 5.21. The topological polar surface area (TPSA) is 113 Å². The molecule has 2 heterocycles. The van der Waals surface area contributed by atoms with Crippen LogP contribution in [0.1, 0.15) is 62.5 Å². The molecule has 4 N–H and O–H groups in total. The van der Waals surface area contributed by atoms with Crippen LogP contribution >= 0.6 is 0 Å². The summed E-state index contributed by atoms with van der Waals surface area (Å²) in [6.07, 6.45) is 0.428. The van der Waals surface area contributed by atoms with Crippen molar-refractivity contribution in [3.63, 3.8) is 0 Å². The van der Waals surface area contributed by atoms with Gasteiger partial charge in [0.15, 0.2) is 5.75 Å². The largest absolute Gasteiger partial charge is 0.423 e. The van der Waals surface area contributed by atoms with Gasteiger partial charge in [-0.2, -0.15) is 0 Å². The average Bonchev–Trinajstić information content (AvgIpc) is 3.44. The van der Waals surface area contributed by atoms with Gasteiger partial charge in [-0.05, 0) is 30.7 Å². The number of hydroxylamine groups is 2. The smallest absolute Gasteiger partial charge is 0.408 e. The van der Waals surface area contributed by atoms with E-state index in [0.717, 1.165) is 40.9 Å². The number of rotatable bonds is 4. The second-order valence-electron chi connectivity index (χ2n) is 9.51. The molecule has 31 heavy (non-hydrogen) atoms. The highest BCUT2D eigenvalue weighted by Gasteiger charge is 2.46. The number of hydrogen-bond donors (Lipinski definition) is 2. The van der Waals surface area contributed by atoms with Crippen molar-refractivity contribution in [3.05, 3.63) is 41.2 Å². The third-order valence-electron chi connectivity index (χ3n) is 5.92. The van der Waals surface area contributed by atoms with Crippen LogP contribution in [-0.2, 0) is 11.4 Å². The number of nitrogens with zero attached hydrogens (tertiary/aromatic N) is 2. The predicted octanol–water partition coefficient (Wildman–Crippen LogP) is 4.21. The summed E-state index contributed by atoms with van der Waals surface area (Å²) in [7, 11) is 0. The van der Waals surface area contributed by atoms with Crippen molar-refractivity contribution >= 4 is 12.2 Å². The number of aryl methyl sites for hydroxylation is 1. The molecule has 1 fully saturated rings. The molecule has 1 aliphatic heterocycles. The summed E-state index contributed by atoms with van der Waals surface area (Å²) in [5.74, 6) is 0.834. The molecule has 1 aliphatic carbocycles. The van der Waals surface area contributed by atoms with Crippen LogP contribution in [0, 0.1) is 12.3 Å². The highest BCUT2D eigenvalue weighted by Crippen LogP contribution is 2.55. The fourth-order valence-electron chi connectivity index (χ4n) is 4.65. The van der Waals surface area contributed by atoms with Crippen molar-refractivity contribution in [1.29, 1.82) is 0 Å². The molecular formula is C23H30N4O4. The predicted molar refractivity (Wildman–Crippen MR) is 116 cm³/mol. The van der Waals surface area contributed by atoms with Gasteiger partial charge >= 0.3 is 12.2 Å². The fraction of sp³-hybridized carbons (Fsp3) is 0.478. The van der Waals surface area contributed by atoms with Crippen LogP contribution in [0.15, 0.2) is 24.3 Å². The van der Waals surface area contributed by atoms with Gasteiger partial charge in [-0.25, -0.2) is 9.59 Å². The van der Waals surface area contributed by atoms with Crippen LogP contribution in [0.3, 0.4) is 0 Å². The van der Waals surface area contributed by atoms with Gasteiger partial charge in [-0.1, -0.05) is 50.6 Å². The Labute approximate surface area is 182 Å². The second-order valence-corrected chi connectivity index (χ2v) is 9.51. The molecule has 166 valence electrons. The molecule has 2 aromatic rings. The minimum absolute atomic E-state index is 0.354. The van der Waals surface area contributed by atoms with Crippen molar-refractivity contribution in [2.45, 2.75) is 59.0 Å². The molecule has 0 bridgehead atoms. The number of aromatic nitrogens is 1. The van der Waals surface area contributed by atoms with E-state index in [1.165, 1.54) is 0 Å². The van der Waals surface area contributed by atoms with Crippen LogP contribution in [0.5, 0.6) is 5.75 Å². The van der Waals surface area contributed by atoms with Crippen LogP contribution < -0.4 is 16.2 Å². The third-order valence-corrected chi connectivity index (χ3v) is 5.92. The molecule has 8 heteroatoms. The molecule has 0 spiro atoms. The standard InChI is InChI=1S/C23H30N4O4/c1-13-5-7-14(8-6-13)16-17(15-9-10-15)26-11-12-27(31-22(25)29)20(23(2,3)4)18(26)19(16)30-21(24)28/h5-8,15,20H,9-12H2,1-4H3,(H2,24,28)(H2,25,29). The maximum atomic E-state index is 12.0. The maximum absolute atomic E-state index is 12.0. The summed E-state index contributed by atoms with van der Waals surface area (Å²) in [4.78, 5) is 29.0. The Morgan fingerprint density at radius 1 is 1.00 bits per heavy atom. The summed E-state index contributed by atoms with van der Waals surface area (Å²) < 4.78 is 7.92. The van der Waals surface area contributed by atoms with E-state index in [-0.39, 0.29) is 11.5 Å². The summed E-state index contributed by atoms with van der Waals surface area (Å²) in [5.41, 5.74) is 15.5. The molecule has 1 aromatic heterocycles. The van der Waals surface area contributed by atoms with Crippen LogP contribution in [-0.4, -0.2) is 28.4 Å². The average molecular weight is 427 g/mol. The van der Waals surface area contributed by atoms with Crippen LogP contribution in [0.2, 0.25) is 0 Å². The number of amides is 2. The first kappa shape index (κ1) is 21.2. The van der Waals surface area contributed by atoms with E-state index in [1.54, 1.807) is 5.06 Å². The molecular weight excluding hydrogens is 396 g/mol. The van der Waals surface area contributed by atoms with Crippen molar-refractivity contribution in [1.82, 2.24) is 9.63 Å². The normalized spacial score (nSPS) is 19.0. The summed E-state index contributed by atoms with van der Waals surface area (Å²) in [5, 5.41) is 1.60. The molecule has 2 aliphatic rings. The Hall–Kier alpha value is -3.00. The lowest BCUT2D eigenvalue weighted by molar-refractivity contribution is -0.168. The highest BCUT2D eigenvalue weighted by atomic mass is 16.7. The van der Waals surface area contributed by atoms with E-state index in [0.29, 0.717) is 24.8 Å². The number of carbonyl (C=O) groups excluding carboxylic acids is 2. The lowest BCUT2D eigenvalue weighted by Gasteiger charge is -2.42. The SMILES string of the molecule is Cc1ccc(-c2c(OC(N)=O)c3n(c2C2CC2)CCN(OC(N)=O)C3C(C)(C)C)cc1. The molecule has 0 saturated heterocycles. The van der Waals surface area contributed by atoms with Crippen molar-refractivity contribution in [2.75, 3.05) is 6.54 Å². The van der Waals surface area contributed by atoms with Gasteiger partial charge in [0.25, 0.3) is 0 Å². The van der Waals surface area contributed by atoms with E-state index in [9.17, 15) is 9.59 Å². The van der Waals surface area contributed by atoms with Crippen molar-refractivity contribution < 1.29 is 19.2 Å². The number of fused-ring (bicyclic) bond motifs is 1. The molecule has 1 unspecified atom stereocenters. The Morgan fingerprint density at radius 2 is 1.65 bits per heavy atom. The zero-order valence-electron chi connectivity index (χ0n) is 18.5.